The van der Waals surface area contributed by atoms with Crippen molar-refractivity contribution in [1.29, 1.82) is 0 Å². The summed E-state index contributed by atoms with van der Waals surface area (Å²) in [6, 6.07) is 10.4. The normalized spacial score (nSPS) is 21.6. The summed E-state index contributed by atoms with van der Waals surface area (Å²) in [7, 11) is 0. The maximum Gasteiger partial charge on any atom is 0.138 e. The zero-order valence-corrected chi connectivity index (χ0v) is 10.4. The predicted octanol–water partition coefficient (Wildman–Crippen LogP) is 2.52. The van der Waals surface area contributed by atoms with E-state index < -0.39 is 0 Å². The van der Waals surface area contributed by atoms with Crippen LogP contribution in [0, 0.1) is 5.92 Å². The van der Waals surface area contributed by atoms with Gasteiger partial charge in [0.25, 0.3) is 0 Å². The van der Waals surface area contributed by atoms with Crippen LogP contribution in [-0.4, -0.2) is 23.8 Å². The van der Waals surface area contributed by atoms with Crippen LogP contribution in [0.5, 0.6) is 0 Å². The molecule has 1 heterocycles. The van der Waals surface area contributed by atoms with Crippen molar-refractivity contribution in [2.45, 2.75) is 19.9 Å². The lowest BCUT2D eigenvalue weighted by Crippen LogP contribution is -2.38. The second kappa shape index (κ2) is 6.02. The van der Waals surface area contributed by atoms with Gasteiger partial charge in [0.05, 0.1) is 0 Å². The summed E-state index contributed by atoms with van der Waals surface area (Å²) in [5.41, 5.74) is 1.33. The summed E-state index contributed by atoms with van der Waals surface area (Å²) in [5.74, 6) is 0.627. The van der Waals surface area contributed by atoms with Crippen LogP contribution >= 0.6 is 12.4 Å². The first-order valence-corrected chi connectivity index (χ1v) is 5.54. The Labute approximate surface area is 103 Å². The second-order valence-electron chi connectivity index (χ2n) is 4.34. The van der Waals surface area contributed by atoms with Crippen molar-refractivity contribution in [3.63, 3.8) is 0 Å². The first-order chi connectivity index (χ1) is 7.25. The Morgan fingerprint density at radius 1 is 1.31 bits per heavy atom. The van der Waals surface area contributed by atoms with Crippen LogP contribution < -0.4 is 0 Å². The van der Waals surface area contributed by atoms with Gasteiger partial charge in [-0.2, -0.15) is 0 Å². The molecule has 1 unspecified atom stereocenters. The maximum absolute atomic E-state index is 11.4. The molecule has 0 radical (unpaired) electrons. The van der Waals surface area contributed by atoms with Crippen molar-refractivity contribution in [3.8, 4) is 0 Å². The lowest BCUT2D eigenvalue weighted by atomic mass is 9.98. The Bertz CT molecular complexity index is 339. The number of hydrogen-bond donors (Lipinski definition) is 0. The van der Waals surface area contributed by atoms with E-state index in [1.54, 1.807) is 0 Å². The lowest BCUT2D eigenvalue weighted by molar-refractivity contribution is -0.125. The number of halogens is 1. The number of piperidine rings is 1. The first kappa shape index (κ1) is 13.2. The van der Waals surface area contributed by atoms with Crippen molar-refractivity contribution in [3.05, 3.63) is 35.9 Å². The molecule has 0 spiro atoms. The summed E-state index contributed by atoms with van der Waals surface area (Å²) >= 11 is 0. The zero-order valence-electron chi connectivity index (χ0n) is 9.56. The minimum absolute atomic E-state index is 0. The molecule has 2 rings (SSSR count). The molecule has 1 aromatic carbocycles. The third-order valence-electron chi connectivity index (χ3n) is 3.01. The van der Waals surface area contributed by atoms with Gasteiger partial charge >= 0.3 is 0 Å². The fourth-order valence-electron chi connectivity index (χ4n) is 2.08. The lowest BCUT2D eigenvalue weighted by Gasteiger charge is -2.29. The van der Waals surface area contributed by atoms with E-state index in [0.29, 0.717) is 12.2 Å². The number of carbonyl (C=O) groups is 1. The van der Waals surface area contributed by atoms with Crippen molar-refractivity contribution in [2.75, 3.05) is 13.1 Å². The number of ketones is 1. The topological polar surface area (TPSA) is 20.3 Å². The number of nitrogens with zero attached hydrogens (tertiary/aromatic N) is 1. The van der Waals surface area contributed by atoms with Gasteiger partial charge < -0.3 is 0 Å². The third-order valence-corrected chi connectivity index (χ3v) is 3.01. The van der Waals surface area contributed by atoms with Gasteiger partial charge in [0.2, 0.25) is 0 Å². The van der Waals surface area contributed by atoms with Gasteiger partial charge in [0.1, 0.15) is 5.78 Å². The molecule has 88 valence electrons. The zero-order chi connectivity index (χ0) is 10.7. The smallest absolute Gasteiger partial charge is 0.138 e. The van der Waals surface area contributed by atoms with E-state index in [2.05, 4.69) is 29.2 Å². The Hall–Kier alpha value is -0.860. The minimum atomic E-state index is 0. The molecule has 1 aromatic rings. The molecular weight excluding hydrogens is 222 g/mol. The van der Waals surface area contributed by atoms with Crippen molar-refractivity contribution in [1.82, 2.24) is 4.90 Å². The molecule has 16 heavy (non-hydrogen) atoms. The number of rotatable bonds is 2. The first-order valence-electron chi connectivity index (χ1n) is 5.54. The van der Waals surface area contributed by atoms with Crippen LogP contribution in [-0.2, 0) is 11.3 Å². The summed E-state index contributed by atoms with van der Waals surface area (Å²) in [4.78, 5) is 13.7. The summed E-state index contributed by atoms with van der Waals surface area (Å²) < 4.78 is 0. The van der Waals surface area contributed by atoms with Gasteiger partial charge in [-0.3, -0.25) is 9.69 Å². The van der Waals surface area contributed by atoms with Crippen LogP contribution in [0.4, 0.5) is 0 Å². The van der Waals surface area contributed by atoms with Crippen LogP contribution in [0.25, 0.3) is 0 Å². The largest absolute Gasteiger partial charge is 0.299 e. The maximum atomic E-state index is 11.4. The molecule has 0 aromatic heterocycles. The molecule has 1 saturated heterocycles. The molecule has 3 heteroatoms. The van der Waals surface area contributed by atoms with Gasteiger partial charge in [-0.1, -0.05) is 37.3 Å². The summed E-state index contributed by atoms with van der Waals surface area (Å²) in [5, 5.41) is 0. The van der Waals surface area contributed by atoms with E-state index in [9.17, 15) is 4.79 Å². The van der Waals surface area contributed by atoms with E-state index in [1.807, 2.05) is 13.0 Å². The molecule has 0 N–H and O–H groups in total. The van der Waals surface area contributed by atoms with Gasteiger partial charge in [0.15, 0.2) is 0 Å². The van der Waals surface area contributed by atoms with Crippen LogP contribution in [0.15, 0.2) is 30.3 Å². The Balaban J connectivity index is 0.00000128. The SMILES string of the molecule is CC1CN(Cc2ccccc2)CCC1=O.Cl. The molecular formula is C13H18ClNO. The summed E-state index contributed by atoms with van der Waals surface area (Å²) in [6.07, 6.45) is 0.716. The van der Waals surface area contributed by atoms with Gasteiger partial charge in [-0.15, -0.1) is 12.4 Å². The molecule has 0 saturated carbocycles. The Kier molecular flexibility index (Phi) is 4.97. The van der Waals surface area contributed by atoms with E-state index in [0.717, 1.165) is 19.6 Å². The van der Waals surface area contributed by atoms with Crippen LogP contribution in [0.1, 0.15) is 18.9 Å². The fourth-order valence-corrected chi connectivity index (χ4v) is 2.08. The van der Waals surface area contributed by atoms with E-state index >= 15 is 0 Å². The molecule has 0 bridgehead atoms. The number of likely N-dealkylation sites (tertiary alicyclic amines) is 1. The standard InChI is InChI=1S/C13H17NO.ClH/c1-11-9-14(8-7-13(11)15)10-12-5-3-2-4-6-12;/h2-6,11H,7-10H2,1H3;1H. The fraction of sp³-hybridized carbons (Fsp3) is 0.462. The van der Waals surface area contributed by atoms with Crippen molar-refractivity contribution in [2.24, 2.45) is 5.92 Å². The second-order valence-corrected chi connectivity index (χ2v) is 4.34. The van der Waals surface area contributed by atoms with Crippen molar-refractivity contribution < 1.29 is 4.79 Å². The van der Waals surface area contributed by atoms with Gasteiger partial charge in [-0.25, -0.2) is 0 Å². The molecule has 0 amide bonds. The minimum Gasteiger partial charge on any atom is -0.299 e. The summed E-state index contributed by atoms with van der Waals surface area (Å²) in [6.45, 7) is 4.82. The number of Topliss-reactive ketones (excluding diaryl/α,β-unsaturated/α-hetero) is 1. The third kappa shape index (κ3) is 3.32. The monoisotopic (exact) mass is 239 g/mol. The van der Waals surface area contributed by atoms with Crippen molar-refractivity contribution >= 4 is 18.2 Å². The molecule has 1 aliphatic rings. The van der Waals surface area contributed by atoms with Crippen LogP contribution in [0.3, 0.4) is 0 Å². The van der Waals surface area contributed by atoms with E-state index in [1.165, 1.54) is 5.56 Å². The highest BCUT2D eigenvalue weighted by atomic mass is 35.5. The van der Waals surface area contributed by atoms with Gasteiger partial charge in [0, 0.05) is 32.0 Å². The van der Waals surface area contributed by atoms with E-state index in [4.69, 9.17) is 0 Å². The average Bonchev–Trinajstić information content (AvgIpc) is 2.25. The Morgan fingerprint density at radius 3 is 2.62 bits per heavy atom. The van der Waals surface area contributed by atoms with Crippen LogP contribution in [0.2, 0.25) is 0 Å². The van der Waals surface area contributed by atoms with E-state index in [-0.39, 0.29) is 18.3 Å². The Morgan fingerprint density at radius 2 is 2.00 bits per heavy atom. The highest BCUT2D eigenvalue weighted by Crippen LogP contribution is 2.14. The number of hydrogen-bond acceptors (Lipinski definition) is 2. The quantitative estimate of drug-likeness (QED) is 0.791. The molecule has 2 nitrogen and oxygen atoms in total. The predicted molar refractivity (Wildman–Crippen MR) is 67.8 cm³/mol. The highest BCUT2D eigenvalue weighted by Gasteiger charge is 2.22. The highest BCUT2D eigenvalue weighted by molar-refractivity contribution is 5.85. The molecule has 1 aliphatic heterocycles. The van der Waals surface area contributed by atoms with Gasteiger partial charge in [-0.05, 0) is 5.56 Å². The molecule has 0 aliphatic carbocycles. The molecule has 1 fully saturated rings. The average molecular weight is 240 g/mol. The number of benzene rings is 1. The number of carbonyl (C=O) groups excluding carboxylic acids is 1. The molecule has 1 atom stereocenters.